The topological polar surface area (TPSA) is 107 Å². The minimum atomic E-state index is -2.97. The van der Waals surface area contributed by atoms with Crippen LogP contribution in [-0.4, -0.2) is 41.7 Å². The summed E-state index contributed by atoms with van der Waals surface area (Å²) in [4.78, 5) is 11.6. The first-order valence-electron chi connectivity index (χ1n) is 5.23. The van der Waals surface area contributed by atoms with E-state index >= 15 is 0 Å². The van der Waals surface area contributed by atoms with Gasteiger partial charge in [0.05, 0.1) is 11.5 Å². The molecule has 1 aliphatic rings. The van der Waals surface area contributed by atoms with E-state index in [2.05, 4.69) is 10.4 Å². The summed E-state index contributed by atoms with van der Waals surface area (Å²) in [7, 11) is -2.97. The zero-order chi connectivity index (χ0) is 12.5. The van der Waals surface area contributed by atoms with Crippen LogP contribution in [0.2, 0.25) is 0 Å². The third-order valence-electron chi connectivity index (χ3n) is 2.56. The third kappa shape index (κ3) is 3.19. The van der Waals surface area contributed by atoms with Gasteiger partial charge in [0.1, 0.15) is 12.4 Å². The van der Waals surface area contributed by atoms with Crippen LogP contribution in [-0.2, 0) is 21.2 Å². The number of hydrogen-bond acceptors (Lipinski definition) is 5. The Balaban J connectivity index is 1.86. The van der Waals surface area contributed by atoms with Crippen molar-refractivity contribution in [2.45, 2.75) is 19.0 Å². The van der Waals surface area contributed by atoms with Crippen LogP contribution in [0.25, 0.3) is 0 Å². The van der Waals surface area contributed by atoms with Gasteiger partial charge in [0.2, 0.25) is 5.91 Å². The van der Waals surface area contributed by atoms with Crippen LogP contribution in [0.4, 0.5) is 5.82 Å². The van der Waals surface area contributed by atoms with E-state index in [-0.39, 0.29) is 30.0 Å². The van der Waals surface area contributed by atoms with Gasteiger partial charge in [-0.1, -0.05) is 0 Å². The van der Waals surface area contributed by atoms with Crippen molar-refractivity contribution in [2.24, 2.45) is 0 Å². The maximum Gasteiger partial charge on any atom is 0.241 e. The number of nitrogen functional groups attached to an aromatic ring is 1. The summed E-state index contributed by atoms with van der Waals surface area (Å²) in [6.07, 6.45) is 2.08. The van der Waals surface area contributed by atoms with Crippen LogP contribution >= 0.6 is 0 Å². The second-order valence-electron chi connectivity index (χ2n) is 4.11. The Labute approximate surface area is 98.9 Å². The number of anilines is 1. The molecule has 3 N–H and O–H groups in total. The van der Waals surface area contributed by atoms with Crippen LogP contribution < -0.4 is 11.1 Å². The largest absolute Gasteiger partial charge is 0.382 e. The maximum absolute atomic E-state index is 11.6. The Bertz CT molecular complexity index is 522. The molecule has 1 unspecified atom stereocenters. The fraction of sp³-hybridized carbons (Fsp3) is 0.556. The molecule has 1 atom stereocenters. The molecule has 1 amide bonds. The summed E-state index contributed by atoms with van der Waals surface area (Å²) >= 11 is 0. The summed E-state index contributed by atoms with van der Waals surface area (Å²) in [6.45, 7) is 0.0494. The zero-order valence-corrected chi connectivity index (χ0v) is 9.98. The lowest BCUT2D eigenvalue weighted by atomic mass is 10.2. The molecule has 1 aromatic heterocycles. The van der Waals surface area contributed by atoms with Gasteiger partial charge in [-0.3, -0.25) is 9.48 Å². The summed E-state index contributed by atoms with van der Waals surface area (Å²) in [5.41, 5.74) is 5.41. The highest BCUT2D eigenvalue weighted by atomic mass is 32.2. The predicted octanol–water partition coefficient (Wildman–Crippen LogP) is -1.23. The monoisotopic (exact) mass is 258 g/mol. The van der Waals surface area contributed by atoms with E-state index < -0.39 is 9.84 Å². The number of hydrogen-bond donors (Lipinski definition) is 2. The molecule has 8 heteroatoms. The molecule has 1 aliphatic heterocycles. The van der Waals surface area contributed by atoms with E-state index in [1.54, 1.807) is 12.3 Å². The number of nitrogens with two attached hydrogens (primary N) is 1. The van der Waals surface area contributed by atoms with E-state index in [1.165, 1.54) is 4.68 Å². The minimum Gasteiger partial charge on any atom is -0.382 e. The summed E-state index contributed by atoms with van der Waals surface area (Å²) in [5.74, 6) is 0.267. The summed E-state index contributed by atoms with van der Waals surface area (Å²) < 4.78 is 23.8. The molecule has 94 valence electrons. The smallest absolute Gasteiger partial charge is 0.241 e. The number of nitrogens with one attached hydrogen (secondary N) is 1. The van der Waals surface area contributed by atoms with Crippen molar-refractivity contribution < 1.29 is 13.2 Å². The second-order valence-corrected chi connectivity index (χ2v) is 6.33. The molecule has 7 nitrogen and oxygen atoms in total. The lowest BCUT2D eigenvalue weighted by Gasteiger charge is -2.10. The van der Waals surface area contributed by atoms with Crippen LogP contribution in [0.15, 0.2) is 12.3 Å². The molecule has 1 aromatic rings. The highest BCUT2D eigenvalue weighted by molar-refractivity contribution is 7.91. The van der Waals surface area contributed by atoms with Crippen LogP contribution in [0, 0.1) is 0 Å². The fourth-order valence-electron chi connectivity index (χ4n) is 1.79. The molecule has 0 bridgehead atoms. The van der Waals surface area contributed by atoms with Crippen molar-refractivity contribution in [3.63, 3.8) is 0 Å². The van der Waals surface area contributed by atoms with E-state index in [1.807, 2.05) is 0 Å². The van der Waals surface area contributed by atoms with Gasteiger partial charge < -0.3 is 11.1 Å². The number of aromatic nitrogens is 2. The molecule has 2 heterocycles. The lowest BCUT2D eigenvalue weighted by Crippen LogP contribution is -2.37. The molecule has 0 saturated carbocycles. The van der Waals surface area contributed by atoms with Gasteiger partial charge in [-0.05, 0) is 12.5 Å². The summed E-state index contributed by atoms with van der Waals surface area (Å²) in [6, 6.07) is 1.31. The van der Waals surface area contributed by atoms with Gasteiger partial charge in [0, 0.05) is 12.2 Å². The van der Waals surface area contributed by atoms with Crippen molar-refractivity contribution in [1.82, 2.24) is 15.1 Å². The molecule has 1 fully saturated rings. The van der Waals surface area contributed by atoms with Crippen LogP contribution in [0.5, 0.6) is 0 Å². The van der Waals surface area contributed by atoms with Crippen LogP contribution in [0.3, 0.4) is 0 Å². The van der Waals surface area contributed by atoms with Crippen molar-refractivity contribution in [3.8, 4) is 0 Å². The van der Waals surface area contributed by atoms with Gasteiger partial charge in [-0.15, -0.1) is 0 Å². The Morgan fingerprint density at radius 1 is 1.65 bits per heavy atom. The number of carbonyl (C=O) groups is 1. The molecule has 0 radical (unpaired) electrons. The maximum atomic E-state index is 11.6. The van der Waals surface area contributed by atoms with Crippen molar-refractivity contribution >= 4 is 21.6 Å². The molecular weight excluding hydrogens is 244 g/mol. The van der Waals surface area contributed by atoms with Crippen molar-refractivity contribution in [2.75, 3.05) is 17.2 Å². The molecule has 0 spiro atoms. The average molecular weight is 258 g/mol. The Kier molecular flexibility index (Phi) is 3.05. The standard InChI is InChI=1S/C9H14N4O3S/c10-8-1-3-13(12-8)5-9(14)11-7-2-4-17(15,16)6-7/h1,3,7H,2,4-6H2,(H2,10,12)(H,11,14). The van der Waals surface area contributed by atoms with Gasteiger partial charge in [0.15, 0.2) is 9.84 Å². The quantitative estimate of drug-likeness (QED) is 0.706. The van der Waals surface area contributed by atoms with Gasteiger partial charge in [0.25, 0.3) is 0 Å². The number of carbonyl (C=O) groups excluding carboxylic acids is 1. The van der Waals surface area contributed by atoms with Crippen molar-refractivity contribution in [1.29, 1.82) is 0 Å². The number of sulfone groups is 1. The third-order valence-corrected chi connectivity index (χ3v) is 4.33. The van der Waals surface area contributed by atoms with E-state index in [4.69, 9.17) is 5.73 Å². The Morgan fingerprint density at radius 3 is 2.94 bits per heavy atom. The molecule has 2 rings (SSSR count). The highest BCUT2D eigenvalue weighted by Gasteiger charge is 2.28. The first-order valence-corrected chi connectivity index (χ1v) is 7.05. The number of amides is 1. The fourth-order valence-corrected chi connectivity index (χ4v) is 3.47. The van der Waals surface area contributed by atoms with Gasteiger partial charge in [-0.2, -0.15) is 5.10 Å². The first-order chi connectivity index (χ1) is 7.94. The SMILES string of the molecule is Nc1ccn(CC(=O)NC2CCS(=O)(=O)C2)n1. The zero-order valence-electron chi connectivity index (χ0n) is 9.17. The van der Waals surface area contributed by atoms with Gasteiger partial charge >= 0.3 is 0 Å². The Hall–Kier alpha value is -1.57. The van der Waals surface area contributed by atoms with E-state index in [0.29, 0.717) is 12.2 Å². The van der Waals surface area contributed by atoms with E-state index in [9.17, 15) is 13.2 Å². The summed E-state index contributed by atoms with van der Waals surface area (Å²) in [5, 5.41) is 6.54. The highest BCUT2D eigenvalue weighted by Crippen LogP contribution is 2.11. The van der Waals surface area contributed by atoms with Crippen molar-refractivity contribution in [3.05, 3.63) is 12.3 Å². The second kappa shape index (κ2) is 4.36. The number of nitrogens with zero attached hydrogens (tertiary/aromatic N) is 2. The molecule has 1 saturated heterocycles. The van der Waals surface area contributed by atoms with E-state index in [0.717, 1.165) is 0 Å². The van der Waals surface area contributed by atoms with Gasteiger partial charge in [-0.25, -0.2) is 8.42 Å². The Morgan fingerprint density at radius 2 is 2.41 bits per heavy atom. The molecule has 0 aliphatic carbocycles. The molecular formula is C9H14N4O3S. The van der Waals surface area contributed by atoms with Crippen LogP contribution in [0.1, 0.15) is 6.42 Å². The first kappa shape index (κ1) is 11.9. The number of rotatable bonds is 3. The molecule has 0 aromatic carbocycles. The lowest BCUT2D eigenvalue weighted by molar-refractivity contribution is -0.122. The predicted molar refractivity (Wildman–Crippen MR) is 61.8 cm³/mol. The molecule has 17 heavy (non-hydrogen) atoms. The normalized spacial score (nSPS) is 22.5. The average Bonchev–Trinajstić information content (AvgIpc) is 2.73. The minimum absolute atomic E-state index is 0.0278.